The second kappa shape index (κ2) is 6.95. The van der Waals surface area contributed by atoms with E-state index in [2.05, 4.69) is 5.32 Å². The minimum atomic E-state index is -3.27. The van der Waals surface area contributed by atoms with E-state index in [1.165, 1.54) is 24.3 Å². The van der Waals surface area contributed by atoms with Gasteiger partial charge in [-0.2, -0.15) is 0 Å². The lowest BCUT2D eigenvalue weighted by atomic mass is 9.84. The summed E-state index contributed by atoms with van der Waals surface area (Å²) < 4.78 is 22.9. The number of halogens is 1. The first kappa shape index (κ1) is 18.5. The molecule has 2 aromatic rings. The van der Waals surface area contributed by atoms with E-state index in [0.717, 1.165) is 11.8 Å². The van der Waals surface area contributed by atoms with Crippen molar-refractivity contribution in [1.29, 1.82) is 0 Å². The summed E-state index contributed by atoms with van der Waals surface area (Å²) in [5, 5.41) is 3.54. The van der Waals surface area contributed by atoms with Crippen molar-refractivity contribution in [2.75, 3.05) is 12.8 Å². The molecule has 0 aliphatic rings. The van der Waals surface area contributed by atoms with E-state index in [9.17, 15) is 13.2 Å². The summed E-state index contributed by atoms with van der Waals surface area (Å²) in [5.74, 6) is -0.245. The molecule has 0 heterocycles. The molecule has 0 aromatic heterocycles. The molecule has 2 rings (SSSR count). The monoisotopic (exact) mass is 365 g/mol. The number of hydrogen-bond donors (Lipinski definition) is 1. The Morgan fingerprint density at radius 2 is 1.75 bits per heavy atom. The molecule has 0 fully saturated rings. The molecular weight excluding hydrogens is 346 g/mol. The van der Waals surface area contributed by atoms with Gasteiger partial charge in [0.1, 0.15) is 0 Å². The van der Waals surface area contributed by atoms with Gasteiger partial charge in [0.25, 0.3) is 5.91 Å². The fourth-order valence-corrected chi connectivity index (χ4v) is 3.09. The summed E-state index contributed by atoms with van der Waals surface area (Å²) in [6.45, 7) is 4.47. The van der Waals surface area contributed by atoms with Crippen molar-refractivity contribution in [3.63, 3.8) is 0 Å². The molecule has 0 aliphatic heterocycles. The maximum atomic E-state index is 12.3. The normalized spacial score (nSPS) is 12.0. The van der Waals surface area contributed by atoms with Gasteiger partial charge in [-0.1, -0.05) is 37.6 Å². The quantitative estimate of drug-likeness (QED) is 0.882. The van der Waals surface area contributed by atoms with Crippen LogP contribution in [0.1, 0.15) is 29.8 Å². The lowest BCUT2D eigenvalue weighted by molar-refractivity contribution is 0.0945. The average molecular weight is 366 g/mol. The fraction of sp³-hybridized carbons (Fsp3) is 0.278. The number of hydrogen-bond acceptors (Lipinski definition) is 3. The Balaban J connectivity index is 2.07. The van der Waals surface area contributed by atoms with Crippen LogP contribution in [-0.4, -0.2) is 27.1 Å². The molecule has 24 heavy (non-hydrogen) atoms. The minimum absolute atomic E-state index is 0.193. The number of amides is 1. The molecule has 0 radical (unpaired) electrons. The van der Waals surface area contributed by atoms with Gasteiger partial charge in [0, 0.05) is 28.8 Å². The second-order valence-electron chi connectivity index (χ2n) is 6.37. The molecule has 6 heteroatoms. The van der Waals surface area contributed by atoms with E-state index in [0.29, 0.717) is 17.1 Å². The van der Waals surface area contributed by atoms with Gasteiger partial charge < -0.3 is 5.32 Å². The lowest BCUT2D eigenvalue weighted by Gasteiger charge is -2.26. The van der Waals surface area contributed by atoms with Crippen LogP contribution in [0.2, 0.25) is 5.02 Å². The van der Waals surface area contributed by atoms with Crippen LogP contribution in [0.25, 0.3) is 0 Å². The molecule has 0 atom stereocenters. The summed E-state index contributed by atoms with van der Waals surface area (Å²) in [6, 6.07) is 13.4. The smallest absolute Gasteiger partial charge is 0.251 e. The van der Waals surface area contributed by atoms with E-state index in [1.807, 2.05) is 38.1 Å². The highest BCUT2D eigenvalue weighted by Gasteiger charge is 2.22. The molecule has 2 aromatic carbocycles. The van der Waals surface area contributed by atoms with Crippen LogP contribution in [0.5, 0.6) is 0 Å². The van der Waals surface area contributed by atoms with Crippen LogP contribution >= 0.6 is 11.6 Å². The standard InChI is InChI=1S/C18H20ClNO3S/c1-18(2,14-5-4-6-15(19)11-14)12-20-17(21)13-7-9-16(10-8-13)24(3,22)23/h4-11H,12H2,1-3H3,(H,20,21). The van der Waals surface area contributed by atoms with Crippen LogP contribution < -0.4 is 5.32 Å². The van der Waals surface area contributed by atoms with Crippen molar-refractivity contribution in [1.82, 2.24) is 5.32 Å². The zero-order valence-corrected chi connectivity index (χ0v) is 15.4. The van der Waals surface area contributed by atoms with Gasteiger partial charge in [-0.25, -0.2) is 8.42 Å². The van der Waals surface area contributed by atoms with E-state index >= 15 is 0 Å². The molecule has 0 aliphatic carbocycles. The highest BCUT2D eigenvalue weighted by molar-refractivity contribution is 7.90. The van der Waals surface area contributed by atoms with E-state index in [1.54, 1.807) is 0 Å². The third kappa shape index (κ3) is 4.58. The van der Waals surface area contributed by atoms with Crippen LogP contribution in [0.3, 0.4) is 0 Å². The molecule has 0 saturated carbocycles. The highest BCUT2D eigenvalue weighted by Crippen LogP contribution is 2.25. The van der Waals surface area contributed by atoms with Gasteiger partial charge in [0.15, 0.2) is 9.84 Å². The number of nitrogens with one attached hydrogen (secondary N) is 1. The van der Waals surface area contributed by atoms with E-state index in [4.69, 9.17) is 11.6 Å². The summed E-state index contributed by atoms with van der Waals surface area (Å²) in [5.41, 5.74) is 1.17. The average Bonchev–Trinajstić information content (AvgIpc) is 2.52. The Morgan fingerprint density at radius 3 is 2.29 bits per heavy atom. The Labute approximate surface area is 147 Å². The molecule has 4 nitrogen and oxygen atoms in total. The van der Waals surface area contributed by atoms with Gasteiger partial charge in [-0.05, 0) is 42.0 Å². The van der Waals surface area contributed by atoms with Crippen molar-refractivity contribution < 1.29 is 13.2 Å². The maximum Gasteiger partial charge on any atom is 0.251 e. The molecule has 0 unspecified atom stereocenters. The SMILES string of the molecule is CC(C)(CNC(=O)c1ccc(S(C)(=O)=O)cc1)c1cccc(Cl)c1. The van der Waals surface area contributed by atoms with E-state index < -0.39 is 9.84 Å². The Kier molecular flexibility index (Phi) is 5.35. The molecular formula is C18H20ClNO3S. The van der Waals surface area contributed by atoms with Gasteiger partial charge >= 0.3 is 0 Å². The summed E-state index contributed by atoms with van der Waals surface area (Å²) in [4.78, 5) is 12.5. The Bertz CT molecular complexity index is 843. The van der Waals surface area contributed by atoms with Crippen molar-refractivity contribution in [3.8, 4) is 0 Å². The molecule has 1 N–H and O–H groups in total. The first-order valence-electron chi connectivity index (χ1n) is 7.44. The van der Waals surface area contributed by atoms with Crippen LogP contribution in [-0.2, 0) is 15.3 Å². The van der Waals surface area contributed by atoms with Crippen LogP contribution in [0, 0.1) is 0 Å². The number of carbonyl (C=O) groups excluding carboxylic acids is 1. The fourth-order valence-electron chi connectivity index (χ4n) is 2.27. The van der Waals surface area contributed by atoms with Crippen molar-refractivity contribution in [3.05, 3.63) is 64.7 Å². The molecule has 128 valence electrons. The molecule has 0 spiro atoms. The lowest BCUT2D eigenvalue weighted by Crippen LogP contribution is -2.36. The Hall–Kier alpha value is -1.85. The number of sulfone groups is 1. The minimum Gasteiger partial charge on any atom is -0.351 e. The maximum absolute atomic E-state index is 12.3. The first-order chi connectivity index (χ1) is 11.1. The second-order valence-corrected chi connectivity index (χ2v) is 8.83. The summed E-state index contributed by atoms with van der Waals surface area (Å²) >= 11 is 6.02. The molecule has 0 saturated heterocycles. The largest absolute Gasteiger partial charge is 0.351 e. The van der Waals surface area contributed by atoms with Crippen LogP contribution in [0.4, 0.5) is 0 Å². The molecule has 0 bridgehead atoms. The molecule has 1 amide bonds. The van der Waals surface area contributed by atoms with Crippen molar-refractivity contribution in [2.45, 2.75) is 24.2 Å². The highest BCUT2D eigenvalue weighted by atomic mass is 35.5. The van der Waals surface area contributed by atoms with Crippen LogP contribution in [0.15, 0.2) is 53.4 Å². The van der Waals surface area contributed by atoms with E-state index in [-0.39, 0.29) is 16.2 Å². The number of benzene rings is 2. The summed E-state index contributed by atoms with van der Waals surface area (Å²) in [6.07, 6.45) is 1.13. The third-order valence-corrected chi connectivity index (χ3v) is 5.21. The Morgan fingerprint density at radius 1 is 1.12 bits per heavy atom. The van der Waals surface area contributed by atoms with Gasteiger partial charge in [0.05, 0.1) is 4.90 Å². The zero-order valence-electron chi connectivity index (χ0n) is 13.8. The first-order valence-corrected chi connectivity index (χ1v) is 9.71. The predicted octanol–water partition coefficient (Wildman–Crippen LogP) is 3.45. The third-order valence-electron chi connectivity index (χ3n) is 3.84. The van der Waals surface area contributed by atoms with Gasteiger partial charge in [-0.15, -0.1) is 0 Å². The van der Waals surface area contributed by atoms with Gasteiger partial charge in [-0.3, -0.25) is 4.79 Å². The van der Waals surface area contributed by atoms with Crippen molar-refractivity contribution in [2.24, 2.45) is 0 Å². The van der Waals surface area contributed by atoms with Gasteiger partial charge in [0.2, 0.25) is 0 Å². The topological polar surface area (TPSA) is 63.2 Å². The predicted molar refractivity (Wildman–Crippen MR) is 96.4 cm³/mol. The zero-order chi connectivity index (χ0) is 18.0. The van der Waals surface area contributed by atoms with Crippen molar-refractivity contribution >= 4 is 27.3 Å². The number of rotatable bonds is 5. The number of carbonyl (C=O) groups is 1. The summed E-state index contributed by atoms with van der Waals surface area (Å²) in [7, 11) is -3.27.